The van der Waals surface area contributed by atoms with Gasteiger partial charge in [-0.3, -0.25) is 0 Å². The first-order valence-corrected chi connectivity index (χ1v) is 6.21. The third-order valence-electron chi connectivity index (χ3n) is 2.40. The largest absolute Gasteiger partial charge is 0.392 e. The van der Waals surface area contributed by atoms with Crippen LogP contribution in [0.25, 0.3) is 0 Å². The third kappa shape index (κ3) is 3.76. The van der Waals surface area contributed by atoms with Crippen molar-refractivity contribution in [3.05, 3.63) is 35.9 Å². The van der Waals surface area contributed by atoms with Crippen LogP contribution in [0.15, 0.2) is 30.3 Å². The summed E-state index contributed by atoms with van der Waals surface area (Å²) in [6.07, 6.45) is -0.573. The summed E-state index contributed by atoms with van der Waals surface area (Å²) in [4.78, 5) is 0. The van der Waals surface area contributed by atoms with Crippen molar-refractivity contribution in [2.75, 3.05) is 5.75 Å². The predicted molar refractivity (Wildman–Crippen MR) is 63.9 cm³/mol. The number of hydrogen-bond acceptors (Lipinski definition) is 2. The van der Waals surface area contributed by atoms with E-state index in [0.29, 0.717) is 0 Å². The smallest absolute Gasteiger partial charge is 0.282 e. The minimum Gasteiger partial charge on any atom is -0.392 e. The van der Waals surface area contributed by atoms with Gasteiger partial charge in [0, 0.05) is 10.8 Å². The van der Waals surface area contributed by atoms with Crippen LogP contribution < -0.4 is 0 Å². The molecule has 1 aromatic carbocycles. The Bertz CT molecular complexity index is 314. The van der Waals surface area contributed by atoms with E-state index in [1.165, 1.54) is 12.1 Å². The number of halogens is 2. The van der Waals surface area contributed by atoms with Crippen LogP contribution in [0.3, 0.4) is 0 Å². The van der Waals surface area contributed by atoms with E-state index in [-0.39, 0.29) is 16.6 Å². The Balaban J connectivity index is 2.59. The third-order valence-corrected chi connectivity index (χ3v) is 3.85. The number of rotatable bonds is 5. The maximum Gasteiger partial charge on any atom is 0.282 e. The van der Waals surface area contributed by atoms with Gasteiger partial charge in [0.1, 0.15) is 0 Å². The van der Waals surface area contributed by atoms with Crippen molar-refractivity contribution in [2.24, 2.45) is 0 Å². The second kappa shape index (κ2) is 5.64. The summed E-state index contributed by atoms with van der Waals surface area (Å²) in [7, 11) is 0. The molecule has 2 atom stereocenters. The molecule has 0 aliphatic heterocycles. The highest BCUT2D eigenvalue weighted by Gasteiger charge is 2.32. The van der Waals surface area contributed by atoms with Crippen LogP contribution in [-0.4, -0.2) is 22.2 Å². The van der Waals surface area contributed by atoms with Crippen LogP contribution in [0.1, 0.15) is 19.4 Å². The molecule has 1 N–H and O–H groups in total. The van der Waals surface area contributed by atoms with Gasteiger partial charge in [0.2, 0.25) is 0 Å². The van der Waals surface area contributed by atoms with Gasteiger partial charge in [-0.2, -0.15) is 0 Å². The molecule has 16 heavy (non-hydrogen) atoms. The SMILES string of the molecule is CC(O)C(C)SCC(F)(F)c1ccccc1. The van der Waals surface area contributed by atoms with Crippen molar-refractivity contribution >= 4 is 11.8 Å². The van der Waals surface area contributed by atoms with Crippen molar-refractivity contribution in [3.8, 4) is 0 Å². The van der Waals surface area contributed by atoms with Crippen molar-refractivity contribution < 1.29 is 13.9 Å². The van der Waals surface area contributed by atoms with E-state index in [2.05, 4.69) is 0 Å². The number of thioether (sulfide) groups is 1. The molecule has 0 spiro atoms. The van der Waals surface area contributed by atoms with E-state index < -0.39 is 12.0 Å². The van der Waals surface area contributed by atoms with Gasteiger partial charge in [-0.25, -0.2) is 8.78 Å². The minimum absolute atomic E-state index is 0.0280. The van der Waals surface area contributed by atoms with E-state index in [1.807, 2.05) is 0 Å². The zero-order valence-electron chi connectivity index (χ0n) is 9.36. The maximum absolute atomic E-state index is 13.7. The van der Waals surface area contributed by atoms with Gasteiger partial charge in [0.05, 0.1) is 11.9 Å². The highest BCUT2D eigenvalue weighted by molar-refractivity contribution is 7.99. The molecule has 0 aromatic heterocycles. The molecule has 2 unspecified atom stereocenters. The lowest BCUT2D eigenvalue weighted by Gasteiger charge is -2.20. The molecule has 1 rings (SSSR count). The Labute approximate surface area is 98.9 Å². The van der Waals surface area contributed by atoms with Gasteiger partial charge >= 0.3 is 0 Å². The van der Waals surface area contributed by atoms with Gasteiger partial charge in [-0.1, -0.05) is 37.3 Å². The quantitative estimate of drug-likeness (QED) is 0.860. The molecule has 0 saturated carbocycles. The molecule has 1 aromatic rings. The van der Waals surface area contributed by atoms with Crippen LogP contribution in [0.4, 0.5) is 8.78 Å². The van der Waals surface area contributed by atoms with Gasteiger partial charge in [0.15, 0.2) is 0 Å². The van der Waals surface area contributed by atoms with Gasteiger partial charge in [-0.15, -0.1) is 11.8 Å². The Hall–Kier alpha value is -0.610. The lowest BCUT2D eigenvalue weighted by atomic mass is 10.1. The van der Waals surface area contributed by atoms with Crippen LogP contribution in [0.5, 0.6) is 0 Å². The van der Waals surface area contributed by atoms with Crippen LogP contribution >= 0.6 is 11.8 Å². The second-order valence-electron chi connectivity index (χ2n) is 3.83. The lowest BCUT2D eigenvalue weighted by Crippen LogP contribution is -2.22. The standard InChI is InChI=1S/C12H16F2OS/c1-9(15)10(2)16-8-12(13,14)11-6-4-3-5-7-11/h3-7,9-10,15H,8H2,1-2H3. The summed E-state index contributed by atoms with van der Waals surface area (Å²) in [5.74, 6) is -3.14. The van der Waals surface area contributed by atoms with Crippen molar-refractivity contribution in [2.45, 2.75) is 31.1 Å². The first kappa shape index (κ1) is 13.5. The fourth-order valence-electron chi connectivity index (χ4n) is 1.14. The molecule has 0 aliphatic rings. The summed E-state index contributed by atoms with van der Waals surface area (Å²) in [5.41, 5.74) is 0.0280. The summed E-state index contributed by atoms with van der Waals surface area (Å²) < 4.78 is 27.4. The van der Waals surface area contributed by atoms with Crippen LogP contribution in [0, 0.1) is 0 Å². The fourth-order valence-corrected chi connectivity index (χ4v) is 2.06. The van der Waals surface area contributed by atoms with Crippen LogP contribution in [-0.2, 0) is 5.92 Å². The molecule has 0 radical (unpaired) electrons. The molecule has 90 valence electrons. The molecular formula is C12H16F2OS. The average Bonchev–Trinajstić information content (AvgIpc) is 2.27. The summed E-state index contributed by atoms with van der Waals surface area (Å²) in [6, 6.07) is 7.77. The van der Waals surface area contributed by atoms with Crippen molar-refractivity contribution in [1.82, 2.24) is 0 Å². The van der Waals surface area contributed by atoms with E-state index >= 15 is 0 Å². The molecule has 1 nitrogen and oxygen atoms in total. The average molecular weight is 246 g/mol. The fraction of sp³-hybridized carbons (Fsp3) is 0.500. The number of alkyl halides is 2. The number of benzene rings is 1. The zero-order chi connectivity index (χ0) is 12.2. The second-order valence-corrected chi connectivity index (χ2v) is 5.19. The monoisotopic (exact) mass is 246 g/mol. The van der Waals surface area contributed by atoms with Gasteiger partial charge in [-0.05, 0) is 6.92 Å². The molecule has 0 aliphatic carbocycles. The van der Waals surface area contributed by atoms with Crippen molar-refractivity contribution in [3.63, 3.8) is 0 Å². The Morgan fingerprint density at radius 2 is 1.81 bits per heavy atom. The Kier molecular flexibility index (Phi) is 4.74. The minimum atomic E-state index is -2.84. The maximum atomic E-state index is 13.7. The van der Waals surface area contributed by atoms with E-state index in [0.717, 1.165) is 11.8 Å². The Morgan fingerprint density at radius 3 is 2.31 bits per heavy atom. The molecule has 0 fully saturated rings. The molecule has 0 saturated heterocycles. The molecule has 0 bridgehead atoms. The topological polar surface area (TPSA) is 20.2 Å². The summed E-state index contributed by atoms with van der Waals surface area (Å²) in [5, 5.41) is 9.04. The number of aliphatic hydroxyl groups is 1. The number of aliphatic hydroxyl groups excluding tert-OH is 1. The number of hydrogen-bond donors (Lipinski definition) is 1. The van der Waals surface area contributed by atoms with E-state index in [4.69, 9.17) is 0 Å². The summed E-state index contributed by atoms with van der Waals surface area (Å²) in [6.45, 7) is 3.36. The molecule has 4 heteroatoms. The molecule has 0 heterocycles. The highest BCUT2D eigenvalue weighted by Crippen LogP contribution is 2.33. The van der Waals surface area contributed by atoms with E-state index in [9.17, 15) is 13.9 Å². The van der Waals surface area contributed by atoms with Gasteiger partial charge in [0.25, 0.3) is 5.92 Å². The molecule has 0 amide bonds. The first-order chi connectivity index (χ1) is 7.43. The van der Waals surface area contributed by atoms with Crippen molar-refractivity contribution in [1.29, 1.82) is 0 Å². The lowest BCUT2D eigenvalue weighted by molar-refractivity contribution is 0.0229. The highest BCUT2D eigenvalue weighted by atomic mass is 32.2. The van der Waals surface area contributed by atoms with E-state index in [1.54, 1.807) is 32.0 Å². The Morgan fingerprint density at radius 1 is 1.25 bits per heavy atom. The normalized spacial score (nSPS) is 15.8. The van der Waals surface area contributed by atoms with Crippen LogP contribution in [0.2, 0.25) is 0 Å². The summed E-state index contributed by atoms with van der Waals surface area (Å²) >= 11 is 1.09. The molecular weight excluding hydrogens is 230 g/mol. The first-order valence-electron chi connectivity index (χ1n) is 5.16. The van der Waals surface area contributed by atoms with Gasteiger partial charge < -0.3 is 5.11 Å². The predicted octanol–water partition coefficient (Wildman–Crippen LogP) is 3.28. The zero-order valence-corrected chi connectivity index (χ0v) is 10.2.